The molecule has 0 saturated heterocycles. The van der Waals surface area contributed by atoms with Crippen LogP contribution in [0.25, 0.3) is 11.0 Å². The minimum absolute atomic E-state index is 0.0989. The van der Waals surface area contributed by atoms with Crippen LogP contribution in [-0.2, 0) is 16.0 Å². The van der Waals surface area contributed by atoms with Crippen molar-refractivity contribution >= 4 is 40.3 Å². The summed E-state index contributed by atoms with van der Waals surface area (Å²) in [4.78, 5) is 36.5. The Morgan fingerprint density at radius 1 is 0.968 bits per heavy atom. The summed E-state index contributed by atoms with van der Waals surface area (Å²) in [6, 6.07) is 13.9. The van der Waals surface area contributed by atoms with Gasteiger partial charge in [-0.15, -0.1) is 0 Å². The second-order valence-electron chi connectivity index (χ2n) is 6.98. The molecule has 0 bridgehead atoms. The molecule has 3 aromatic rings. The van der Waals surface area contributed by atoms with Gasteiger partial charge in [0, 0.05) is 24.0 Å². The maximum Gasteiger partial charge on any atom is 0.309 e. The standard InChI is InChI=1S/C23H24ClN3O4/c1-3-15-16-8-5-7-11-19(16)31-20(15)14(2)27-23(30)22(29)26-13-12-25-21(28)17-9-4-6-10-18(17)24/h4-11,14H,3,12-13H2,1-2H3,(H,25,28)(H,26,29)(H,27,30). The summed E-state index contributed by atoms with van der Waals surface area (Å²) >= 11 is 5.98. The van der Waals surface area contributed by atoms with Gasteiger partial charge in [-0.2, -0.15) is 0 Å². The van der Waals surface area contributed by atoms with Crippen LogP contribution in [0.5, 0.6) is 0 Å². The molecular formula is C23H24ClN3O4. The zero-order valence-corrected chi connectivity index (χ0v) is 18.1. The van der Waals surface area contributed by atoms with Crippen LogP contribution in [0.1, 0.15) is 41.6 Å². The van der Waals surface area contributed by atoms with E-state index in [0.717, 1.165) is 23.0 Å². The van der Waals surface area contributed by atoms with Crippen molar-refractivity contribution in [3.05, 3.63) is 70.4 Å². The van der Waals surface area contributed by atoms with E-state index in [-0.39, 0.29) is 19.0 Å². The lowest BCUT2D eigenvalue weighted by Crippen LogP contribution is -2.43. The monoisotopic (exact) mass is 441 g/mol. The molecule has 3 rings (SSSR count). The fraction of sp³-hybridized carbons (Fsp3) is 0.261. The summed E-state index contributed by atoms with van der Waals surface area (Å²) in [7, 11) is 0. The summed E-state index contributed by atoms with van der Waals surface area (Å²) in [6.45, 7) is 4.04. The van der Waals surface area contributed by atoms with Crippen molar-refractivity contribution in [2.75, 3.05) is 13.1 Å². The first-order valence-electron chi connectivity index (χ1n) is 10.0. The van der Waals surface area contributed by atoms with E-state index in [4.69, 9.17) is 16.0 Å². The number of carbonyl (C=O) groups excluding carboxylic acids is 3. The number of carbonyl (C=O) groups is 3. The molecule has 3 N–H and O–H groups in total. The molecule has 1 heterocycles. The molecule has 0 saturated carbocycles. The molecule has 0 aliphatic carbocycles. The zero-order valence-electron chi connectivity index (χ0n) is 17.3. The molecule has 3 amide bonds. The largest absolute Gasteiger partial charge is 0.459 e. The molecule has 0 radical (unpaired) electrons. The van der Waals surface area contributed by atoms with Crippen LogP contribution in [0.3, 0.4) is 0 Å². The van der Waals surface area contributed by atoms with E-state index >= 15 is 0 Å². The van der Waals surface area contributed by atoms with Crippen molar-refractivity contribution in [3.8, 4) is 0 Å². The molecule has 0 spiro atoms. The van der Waals surface area contributed by atoms with E-state index < -0.39 is 17.9 Å². The number of aryl methyl sites for hydroxylation is 1. The van der Waals surface area contributed by atoms with Gasteiger partial charge in [-0.25, -0.2) is 0 Å². The number of benzene rings is 2. The smallest absolute Gasteiger partial charge is 0.309 e. The molecule has 1 aromatic heterocycles. The molecule has 0 fully saturated rings. The Hall–Kier alpha value is -3.32. The molecule has 7 nitrogen and oxygen atoms in total. The third kappa shape index (κ3) is 5.24. The van der Waals surface area contributed by atoms with Gasteiger partial charge < -0.3 is 20.4 Å². The minimum Gasteiger partial charge on any atom is -0.459 e. The molecule has 0 aliphatic heterocycles. The normalized spacial score (nSPS) is 11.7. The molecule has 2 aromatic carbocycles. The van der Waals surface area contributed by atoms with Crippen molar-refractivity contribution in [1.82, 2.24) is 16.0 Å². The summed E-state index contributed by atoms with van der Waals surface area (Å²) in [5.74, 6) is -1.27. The van der Waals surface area contributed by atoms with Gasteiger partial charge in [0.05, 0.1) is 16.6 Å². The Morgan fingerprint density at radius 3 is 2.39 bits per heavy atom. The average Bonchev–Trinajstić information content (AvgIpc) is 3.15. The second-order valence-corrected chi connectivity index (χ2v) is 7.39. The number of hydrogen-bond donors (Lipinski definition) is 3. The third-order valence-electron chi connectivity index (χ3n) is 4.84. The number of hydrogen-bond acceptors (Lipinski definition) is 4. The minimum atomic E-state index is -0.784. The summed E-state index contributed by atoms with van der Waals surface area (Å²) < 4.78 is 5.90. The van der Waals surface area contributed by atoms with Crippen molar-refractivity contribution in [2.45, 2.75) is 26.3 Å². The van der Waals surface area contributed by atoms with Crippen LogP contribution >= 0.6 is 11.6 Å². The summed E-state index contributed by atoms with van der Waals surface area (Å²) in [5, 5.41) is 9.14. The van der Waals surface area contributed by atoms with Crippen molar-refractivity contribution < 1.29 is 18.8 Å². The topological polar surface area (TPSA) is 100 Å². The van der Waals surface area contributed by atoms with Crippen LogP contribution in [0.15, 0.2) is 52.9 Å². The third-order valence-corrected chi connectivity index (χ3v) is 5.17. The van der Waals surface area contributed by atoms with Gasteiger partial charge in [0.15, 0.2) is 0 Å². The van der Waals surface area contributed by atoms with Gasteiger partial charge in [-0.3, -0.25) is 14.4 Å². The maximum atomic E-state index is 12.3. The number of amides is 3. The second kappa shape index (κ2) is 10.1. The fourth-order valence-corrected chi connectivity index (χ4v) is 3.55. The Labute approximate surface area is 185 Å². The van der Waals surface area contributed by atoms with Crippen molar-refractivity contribution in [2.24, 2.45) is 0 Å². The lowest BCUT2D eigenvalue weighted by molar-refractivity contribution is -0.139. The molecule has 1 unspecified atom stereocenters. The van der Waals surface area contributed by atoms with E-state index in [1.165, 1.54) is 0 Å². The first-order chi connectivity index (χ1) is 14.9. The Morgan fingerprint density at radius 2 is 1.65 bits per heavy atom. The van der Waals surface area contributed by atoms with Crippen LogP contribution in [0.2, 0.25) is 5.02 Å². The SMILES string of the molecule is CCc1c(C(C)NC(=O)C(=O)NCCNC(=O)c2ccccc2Cl)oc2ccccc12. The van der Waals surface area contributed by atoms with Gasteiger partial charge in [0.2, 0.25) is 0 Å². The first kappa shape index (κ1) is 22.4. The van der Waals surface area contributed by atoms with E-state index in [2.05, 4.69) is 16.0 Å². The number of fused-ring (bicyclic) bond motifs is 1. The number of halogens is 1. The van der Waals surface area contributed by atoms with Crippen molar-refractivity contribution in [3.63, 3.8) is 0 Å². The van der Waals surface area contributed by atoms with Gasteiger partial charge >= 0.3 is 11.8 Å². The van der Waals surface area contributed by atoms with Crippen LogP contribution in [0.4, 0.5) is 0 Å². The molecule has 0 aliphatic rings. The van der Waals surface area contributed by atoms with Crippen LogP contribution < -0.4 is 16.0 Å². The first-order valence-corrected chi connectivity index (χ1v) is 10.4. The highest BCUT2D eigenvalue weighted by Crippen LogP contribution is 2.30. The zero-order chi connectivity index (χ0) is 22.4. The Kier molecular flexibility index (Phi) is 7.31. The molecule has 162 valence electrons. The lowest BCUT2D eigenvalue weighted by atomic mass is 10.1. The maximum absolute atomic E-state index is 12.3. The number of rotatable bonds is 7. The highest BCUT2D eigenvalue weighted by molar-refractivity contribution is 6.35. The van der Waals surface area contributed by atoms with Crippen molar-refractivity contribution in [1.29, 1.82) is 0 Å². The van der Waals surface area contributed by atoms with E-state index in [0.29, 0.717) is 16.3 Å². The molecule has 8 heteroatoms. The van der Waals surface area contributed by atoms with Gasteiger partial charge in [0.25, 0.3) is 5.91 Å². The van der Waals surface area contributed by atoms with Gasteiger partial charge in [-0.05, 0) is 31.5 Å². The molecular weight excluding hydrogens is 418 g/mol. The van der Waals surface area contributed by atoms with E-state index in [1.807, 2.05) is 31.2 Å². The lowest BCUT2D eigenvalue weighted by Gasteiger charge is -2.13. The molecule has 1 atom stereocenters. The number of nitrogens with one attached hydrogen (secondary N) is 3. The van der Waals surface area contributed by atoms with Crippen LogP contribution in [-0.4, -0.2) is 30.8 Å². The Bertz CT molecular complexity index is 1110. The average molecular weight is 442 g/mol. The predicted octanol–water partition coefficient (Wildman–Crippen LogP) is 3.37. The highest BCUT2D eigenvalue weighted by Gasteiger charge is 2.22. The van der Waals surface area contributed by atoms with E-state index in [9.17, 15) is 14.4 Å². The predicted molar refractivity (Wildman–Crippen MR) is 119 cm³/mol. The summed E-state index contributed by atoms with van der Waals surface area (Å²) in [5.41, 5.74) is 2.10. The summed E-state index contributed by atoms with van der Waals surface area (Å²) in [6.07, 6.45) is 0.740. The highest BCUT2D eigenvalue weighted by atomic mass is 35.5. The number of para-hydroxylation sites is 1. The quantitative estimate of drug-likeness (QED) is 0.386. The molecule has 31 heavy (non-hydrogen) atoms. The van der Waals surface area contributed by atoms with Gasteiger partial charge in [-0.1, -0.05) is 48.9 Å². The number of furan rings is 1. The fourth-order valence-electron chi connectivity index (χ4n) is 3.33. The van der Waals surface area contributed by atoms with Gasteiger partial charge in [0.1, 0.15) is 11.3 Å². The van der Waals surface area contributed by atoms with Crippen LogP contribution in [0, 0.1) is 0 Å². The Balaban J connectivity index is 1.50. The van der Waals surface area contributed by atoms with E-state index in [1.54, 1.807) is 31.2 Å².